The van der Waals surface area contributed by atoms with E-state index >= 15 is 0 Å². The van der Waals surface area contributed by atoms with Crippen LogP contribution in [-0.4, -0.2) is 30.0 Å². The summed E-state index contributed by atoms with van der Waals surface area (Å²) in [4.78, 5) is 11.1. The second-order valence-electron chi connectivity index (χ2n) is 3.04. The molecule has 3 nitrogen and oxygen atoms in total. The van der Waals surface area contributed by atoms with Gasteiger partial charge in [0.15, 0.2) is 0 Å². The molecule has 0 unspecified atom stereocenters. The van der Waals surface area contributed by atoms with Crippen LogP contribution in [0.25, 0.3) is 0 Å². The molecular formula is C8H16N2OS. The summed E-state index contributed by atoms with van der Waals surface area (Å²) in [6.07, 6.45) is 3.33. The Morgan fingerprint density at radius 2 is 2.33 bits per heavy atom. The minimum Gasteiger partial charge on any atom is -0.353 e. The van der Waals surface area contributed by atoms with E-state index in [-0.39, 0.29) is 5.91 Å². The molecule has 0 aromatic carbocycles. The standard InChI is InChI=1S/C8H16N2OS/c9-4-1-5-12-6-8(11)10-7-2-3-7/h7H,1-6,9H2,(H,10,11). The third-order valence-corrected chi connectivity index (χ3v) is 2.71. The first-order valence-electron chi connectivity index (χ1n) is 4.40. The molecule has 0 heterocycles. The number of rotatable bonds is 6. The van der Waals surface area contributed by atoms with Crippen molar-refractivity contribution >= 4 is 17.7 Å². The van der Waals surface area contributed by atoms with Gasteiger partial charge in [0.1, 0.15) is 0 Å². The van der Waals surface area contributed by atoms with Crippen LogP contribution in [0.2, 0.25) is 0 Å². The highest BCUT2D eigenvalue weighted by Gasteiger charge is 2.22. The minimum absolute atomic E-state index is 0.180. The first kappa shape index (κ1) is 9.86. The predicted molar refractivity (Wildman–Crippen MR) is 52.2 cm³/mol. The van der Waals surface area contributed by atoms with Crippen LogP contribution >= 0.6 is 11.8 Å². The Bertz CT molecular complexity index is 148. The van der Waals surface area contributed by atoms with Gasteiger partial charge in [-0.25, -0.2) is 0 Å². The van der Waals surface area contributed by atoms with Gasteiger partial charge >= 0.3 is 0 Å². The molecule has 0 spiro atoms. The number of amides is 1. The molecule has 1 fully saturated rings. The average molecular weight is 188 g/mol. The summed E-state index contributed by atoms with van der Waals surface area (Å²) in [6, 6.07) is 0.493. The number of nitrogens with two attached hydrogens (primary N) is 1. The molecule has 1 saturated carbocycles. The third-order valence-electron chi connectivity index (χ3n) is 1.67. The van der Waals surface area contributed by atoms with Crippen molar-refractivity contribution in [2.24, 2.45) is 5.73 Å². The zero-order chi connectivity index (χ0) is 8.81. The molecule has 70 valence electrons. The topological polar surface area (TPSA) is 55.1 Å². The molecule has 1 rings (SSSR count). The van der Waals surface area contributed by atoms with Crippen LogP contribution in [0.15, 0.2) is 0 Å². The van der Waals surface area contributed by atoms with Gasteiger partial charge in [-0.05, 0) is 31.6 Å². The molecule has 0 saturated heterocycles. The monoisotopic (exact) mass is 188 g/mol. The van der Waals surface area contributed by atoms with Crippen molar-refractivity contribution in [3.05, 3.63) is 0 Å². The molecule has 0 atom stereocenters. The van der Waals surface area contributed by atoms with Crippen LogP contribution in [0.1, 0.15) is 19.3 Å². The maximum absolute atomic E-state index is 11.1. The van der Waals surface area contributed by atoms with E-state index in [0.29, 0.717) is 11.8 Å². The lowest BCUT2D eigenvalue weighted by Crippen LogP contribution is -2.27. The van der Waals surface area contributed by atoms with E-state index in [1.807, 2.05) is 0 Å². The Hall–Kier alpha value is -0.220. The van der Waals surface area contributed by atoms with E-state index in [1.54, 1.807) is 11.8 Å². The summed E-state index contributed by atoms with van der Waals surface area (Å²) in [5.41, 5.74) is 5.32. The van der Waals surface area contributed by atoms with E-state index in [1.165, 1.54) is 12.8 Å². The SMILES string of the molecule is NCCCSCC(=O)NC1CC1. The zero-order valence-corrected chi connectivity index (χ0v) is 8.03. The van der Waals surface area contributed by atoms with E-state index in [2.05, 4.69) is 5.32 Å². The smallest absolute Gasteiger partial charge is 0.230 e. The molecule has 0 bridgehead atoms. The van der Waals surface area contributed by atoms with Crippen LogP contribution < -0.4 is 11.1 Å². The summed E-state index contributed by atoms with van der Waals surface area (Å²) in [5, 5.41) is 2.94. The Labute approximate surface area is 77.5 Å². The van der Waals surface area contributed by atoms with Gasteiger partial charge in [-0.1, -0.05) is 0 Å². The third kappa shape index (κ3) is 4.62. The summed E-state index contributed by atoms with van der Waals surface area (Å²) >= 11 is 1.66. The number of hydrogen-bond acceptors (Lipinski definition) is 3. The number of carbonyl (C=O) groups excluding carboxylic acids is 1. The Morgan fingerprint density at radius 3 is 2.92 bits per heavy atom. The van der Waals surface area contributed by atoms with Gasteiger partial charge in [0.05, 0.1) is 5.75 Å². The molecule has 0 aromatic heterocycles. The summed E-state index contributed by atoms with van der Waals surface area (Å²) in [7, 11) is 0. The van der Waals surface area contributed by atoms with E-state index in [9.17, 15) is 4.79 Å². The van der Waals surface area contributed by atoms with Crippen LogP contribution in [-0.2, 0) is 4.79 Å². The molecule has 0 radical (unpaired) electrons. The first-order chi connectivity index (χ1) is 5.83. The van der Waals surface area contributed by atoms with Crippen molar-refractivity contribution in [2.45, 2.75) is 25.3 Å². The maximum Gasteiger partial charge on any atom is 0.230 e. The fourth-order valence-corrected chi connectivity index (χ4v) is 1.63. The van der Waals surface area contributed by atoms with Crippen LogP contribution in [0.3, 0.4) is 0 Å². The number of thioether (sulfide) groups is 1. The van der Waals surface area contributed by atoms with Gasteiger partial charge in [-0.2, -0.15) is 11.8 Å². The van der Waals surface area contributed by atoms with Gasteiger partial charge < -0.3 is 11.1 Å². The number of nitrogens with one attached hydrogen (secondary N) is 1. The highest BCUT2D eigenvalue weighted by Crippen LogP contribution is 2.18. The molecule has 0 aliphatic heterocycles. The second-order valence-corrected chi connectivity index (χ2v) is 4.14. The average Bonchev–Trinajstić information content (AvgIpc) is 2.82. The molecule has 0 aromatic rings. The van der Waals surface area contributed by atoms with E-state index in [4.69, 9.17) is 5.73 Å². The summed E-state index contributed by atoms with van der Waals surface area (Å²) in [5.74, 6) is 1.77. The maximum atomic E-state index is 11.1. The van der Waals surface area contributed by atoms with E-state index < -0.39 is 0 Å². The van der Waals surface area contributed by atoms with Crippen LogP contribution in [0, 0.1) is 0 Å². The van der Waals surface area contributed by atoms with Crippen molar-refractivity contribution in [3.63, 3.8) is 0 Å². The Morgan fingerprint density at radius 1 is 1.58 bits per heavy atom. The highest BCUT2D eigenvalue weighted by atomic mass is 32.2. The molecule has 12 heavy (non-hydrogen) atoms. The quantitative estimate of drug-likeness (QED) is 0.591. The second kappa shape index (κ2) is 5.43. The largest absolute Gasteiger partial charge is 0.353 e. The molecule has 1 amide bonds. The molecule has 1 aliphatic carbocycles. The van der Waals surface area contributed by atoms with E-state index in [0.717, 1.165) is 18.7 Å². The number of carbonyl (C=O) groups is 1. The normalized spacial score (nSPS) is 16.1. The molecule has 4 heteroatoms. The summed E-state index contributed by atoms with van der Waals surface area (Å²) in [6.45, 7) is 0.719. The fourth-order valence-electron chi connectivity index (χ4n) is 0.847. The van der Waals surface area contributed by atoms with Crippen molar-refractivity contribution in [3.8, 4) is 0 Å². The van der Waals surface area contributed by atoms with Gasteiger partial charge in [-0.15, -0.1) is 0 Å². The van der Waals surface area contributed by atoms with Gasteiger partial charge in [-0.3, -0.25) is 4.79 Å². The summed E-state index contributed by atoms with van der Waals surface area (Å²) < 4.78 is 0. The molecular weight excluding hydrogens is 172 g/mol. The van der Waals surface area contributed by atoms with Crippen LogP contribution in [0.5, 0.6) is 0 Å². The van der Waals surface area contributed by atoms with Crippen molar-refractivity contribution in [2.75, 3.05) is 18.1 Å². The van der Waals surface area contributed by atoms with Gasteiger partial charge in [0.25, 0.3) is 0 Å². The lowest BCUT2D eigenvalue weighted by atomic mass is 10.5. The van der Waals surface area contributed by atoms with Crippen LogP contribution in [0.4, 0.5) is 0 Å². The van der Waals surface area contributed by atoms with Crippen molar-refractivity contribution in [1.29, 1.82) is 0 Å². The fraction of sp³-hybridized carbons (Fsp3) is 0.875. The van der Waals surface area contributed by atoms with Crippen molar-refractivity contribution in [1.82, 2.24) is 5.32 Å². The Balaban J connectivity index is 1.87. The lowest BCUT2D eigenvalue weighted by molar-refractivity contribution is -0.118. The zero-order valence-electron chi connectivity index (χ0n) is 7.21. The first-order valence-corrected chi connectivity index (χ1v) is 5.55. The van der Waals surface area contributed by atoms with Gasteiger partial charge in [0.2, 0.25) is 5.91 Å². The number of hydrogen-bond donors (Lipinski definition) is 2. The Kier molecular flexibility index (Phi) is 4.46. The predicted octanol–water partition coefficient (Wildman–Crippen LogP) is 0.347. The van der Waals surface area contributed by atoms with Crippen molar-refractivity contribution < 1.29 is 4.79 Å². The minimum atomic E-state index is 0.180. The molecule has 1 aliphatic rings. The lowest BCUT2D eigenvalue weighted by Gasteiger charge is -2.01. The highest BCUT2D eigenvalue weighted by molar-refractivity contribution is 7.99. The molecule has 3 N–H and O–H groups in total. The van der Waals surface area contributed by atoms with Gasteiger partial charge in [0, 0.05) is 6.04 Å².